The lowest BCUT2D eigenvalue weighted by Gasteiger charge is -2.36. The number of carbonyl (C=O) groups is 4. The van der Waals surface area contributed by atoms with Gasteiger partial charge in [-0.1, -0.05) is 12.1 Å². The Bertz CT molecular complexity index is 1950. The number of rotatable bonds is 14. The van der Waals surface area contributed by atoms with Gasteiger partial charge in [-0.25, -0.2) is 5.32 Å². The minimum absolute atomic E-state index is 0.0684. The molecule has 19 heteroatoms. The van der Waals surface area contributed by atoms with Crippen molar-refractivity contribution in [2.75, 3.05) is 37.4 Å². The second-order valence-electron chi connectivity index (χ2n) is 12.0. The molecule has 0 bridgehead atoms. The minimum atomic E-state index is -4.81. The van der Waals surface area contributed by atoms with Gasteiger partial charge in [-0.2, -0.15) is 18.2 Å². The molecule has 2 heterocycles. The minimum Gasteiger partial charge on any atom is -0.497 e. The Kier molecular flexibility index (Phi) is 12.3. The number of guanidine groups is 1. The van der Waals surface area contributed by atoms with Crippen LogP contribution in [0.5, 0.6) is 5.75 Å². The number of benzene rings is 3. The van der Waals surface area contributed by atoms with Gasteiger partial charge < -0.3 is 41.2 Å². The van der Waals surface area contributed by atoms with Crippen LogP contribution < -0.4 is 37.1 Å². The van der Waals surface area contributed by atoms with E-state index >= 15 is 0 Å². The lowest BCUT2D eigenvalue weighted by atomic mass is 10.0. The van der Waals surface area contributed by atoms with Gasteiger partial charge in [0.25, 0.3) is 23.7 Å². The fourth-order valence-electron chi connectivity index (χ4n) is 5.53. The first-order valence-electron chi connectivity index (χ1n) is 16.5. The van der Waals surface area contributed by atoms with Gasteiger partial charge in [-0.3, -0.25) is 24.6 Å². The van der Waals surface area contributed by atoms with Crippen LogP contribution in [-0.2, 0) is 22.2 Å². The summed E-state index contributed by atoms with van der Waals surface area (Å²) in [5.74, 6) is -3.57. The monoisotopic (exact) mass is 749 g/mol. The molecular weight excluding hydrogens is 713 g/mol. The van der Waals surface area contributed by atoms with Crippen LogP contribution in [0.25, 0.3) is 0 Å². The number of hydrogen-bond acceptors (Lipinski definition) is 10. The molecule has 16 nitrogen and oxygen atoms in total. The summed E-state index contributed by atoms with van der Waals surface area (Å²) in [7, 11) is 1.51. The van der Waals surface area contributed by atoms with Crippen LogP contribution in [0.3, 0.4) is 0 Å². The highest BCUT2D eigenvalue weighted by atomic mass is 19.4. The van der Waals surface area contributed by atoms with E-state index in [0.717, 1.165) is 0 Å². The molecule has 1 aliphatic heterocycles. The average molecular weight is 750 g/mol. The number of piperazine rings is 1. The van der Waals surface area contributed by atoms with E-state index in [4.69, 9.17) is 15.9 Å². The predicted molar refractivity (Wildman–Crippen MR) is 188 cm³/mol. The van der Waals surface area contributed by atoms with Gasteiger partial charge in [0.1, 0.15) is 17.8 Å². The van der Waals surface area contributed by atoms with E-state index in [1.54, 1.807) is 48.5 Å². The number of alkyl halides is 3. The standard InChI is InChI=1S/C35H36F3N10O6/c1-53-25-14-4-20(5-15-25)19-26(45-29(50)22-8-12-24(13-9-22)44-34-46-32(54-47-34)35(36,37)38)31(52)48-18-17-42-30(51)27(48)3-2-16-41-28(49)21-6-10-23(11-7-21)43-33(39)40/h4-15,26-27H,2-3,16-19H2,1H3,(H,41,49)(H,44,47)(H,45,50)(H4,39,40,43)/t26-,27-/m0/s1. The van der Waals surface area contributed by atoms with Crippen molar-refractivity contribution < 1.29 is 41.6 Å². The predicted octanol–water partition coefficient (Wildman–Crippen LogP) is 3.04. The molecule has 2 atom stereocenters. The number of nitrogens with zero attached hydrogens (tertiary/aromatic N) is 4. The lowest BCUT2D eigenvalue weighted by Crippen LogP contribution is -2.60. The van der Waals surface area contributed by atoms with Gasteiger partial charge in [0, 0.05) is 42.0 Å². The first-order valence-corrected chi connectivity index (χ1v) is 16.5. The highest BCUT2D eigenvalue weighted by Gasteiger charge is 2.39. The number of anilines is 3. The third kappa shape index (κ3) is 10.2. The largest absolute Gasteiger partial charge is 0.497 e. The molecule has 3 aromatic carbocycles. The van der Waals surface area contributed by atoms with Gasteiger partial charge in [-0.05, 0) is 84.2 Å². The van der Waals surface area contributed by atoms with Crippen LogP contribution in [0.2, 0.25) is 0 Å². The van der Waals surface area contributed by atoms with E-state index in [1.165, 1.54) is 36.3 Å². The Balaban J connectivity index is 1.25. The topological polar surface area (TPSA) is 232 Å². The van der Waals surface area contributed by atoms with E-state index in [0.29, 0.717) is 29.0 Å². The molecule has 1 fully saturated rings. The summed E-state index contributed by atoms with van der Waals surface area (Å²) < 4.78 is 47.9. The Morgan fingerprint density at radius 1 is 1.00 bits per heavy atom. The van der Waals surface area contributed by atoms with Gasteiger partial charge in [-0.15, -0.1) is 0 Å². The summed E-state index contributed by atoms with van der Waals surface area (Å²) in [6.45, 7) is 0.406. The van der Waals surface area contributed by atoms with E-state index in [2.05, 4.69) is 41.2 Å². The third-order valence-electron chi connectivity index (χ3n) is 8.19. The SMILES string of the molecule is COc1ccc(C[C@H](NC(=O)c2ccc(Nc3noc(C(F)(F)F)n3)cc2)C(=O)N2CC[N]C(=O)[C@@H]2CCCNC(=O)c2ccc(NC(=N)N)cc2)cc1. The summed E-state index contributed by atoms with van der Waals surface area (Å²) in [5, 5.41) is 25.3. The van der Waals surface area contributed by atoms with Crippen LogP contribution in [-0.4, -0.2) is 83.5 Å². The molecule has 1 aliphatic rings. The van der Waals surface area contributed by atoms with Crippen molar-refractivity contribution in [3.8, 4) is 5.75 Å². The summed E-state index contributed by atoms with van der Waals surface area (Å²) in [6.07, 6.45) is -4.21. The van der Waals surface area contributed by atoms with Gasteiger partial charge in [0.2, 0.25) is 5.91 Å². The molecule has 0 unspecified atom stereocenters. The zero-order valence-electron chi connectivity index (χ0n) is 28.8. The van der Waals surface area contributed by atoms with Crippen molar-refractivity contribution in [3.05, 3.63) is 95.4 Å². The van der Waals surface area contributed by atoms with Crippen molar-refractivity contribution in [1.29, 1.82) is 5.41 Å². The average Bonchev–Trinajstić information content (AvgIpc) is 3.63. The molecule has 1 radical (unpaired) electrons. The van der Waals surface area contributed by atoms with Crippen LogP contribution >= 0.6 is 0 Å². The molecular formula is C35H36F3N10O6. The Hall–Kier alpha value is -6.66. The van der Waals surface area contributed by atoms with Crippen molar-refractivity contribution in [2.45, 2.75) is 37.5 Å². The molecule has 4 amide bonds. The zero-order valence-corrected chi connectivity index (χ0v) is 28.8. The molecule has 5 rings (SSSR count). The number of ether oxygens (including phenoxy) is 1. The van der Waals surface area contributed by atoms with Crippen molar-refractivity contribution in [3.63, 3.8) is 0 Å². The second kappa shape index (κ2) is 17.2. The third-order valence-corrected chi connectivity index (χ3v) is 8.19. The maximum absolute atomic E-state index is 14.2. The number of carbonyl (C=O) groups excluding carboxylic acids is 4. The molecule has 4 aromatic rings. The molecule has 0 spiro atoms. The molecule has 283 valence electrons. The summed E-state index contributed by atoms with van der Waals surface area (Å²) in [6, 6.07) is 16.9. The first-order chi connectivity index (χ1) is 25.8. The second-order valence-corrected chi connectivity index (χ2v) is 12.0. The Labute approximate surface area is 306 Å². The number of aromatic nitrogens is 2. The maximum atomic E-state index is 14.2. The summed E-state index contributed by atoms with van der Waals surface area (Å²) >= 11 is 0. The number of amides is 4. The molecule has 1 aromatic heterocycles. The molecule has 0 aliphatic carbocycles. The quantitative estimate of drug-likeness (QED) is 0.0623. The van der Waals surface area contributed by atoms with E-state index in [1.807, 2.05) is 0 Å². The fraction of sp³-hybridized carbons (Fsp3) is 0.286. The van der Waals surface area contributed by atoms with Gasteiger partial charge in [0.15, 0.2) is 5.96 Å². The zero-order chi connectivity index (χ0) is 38.8. The van der Waals surface area contributed by atoms with E-state index < -0.39 is 47.8 Å². The van der Waals surface area contributed by atoms with E-state index in [9.17, 15) is 32.3 Å². The number of methoxy groups -OCH3 is 1. The van der Waals surface area contributed by atoms with Crippen molar-refractivity contribution in [2.24, 2.45) is 5.73 Å². The summed E-state index contributed by atoms with van der Waals surface area (Å²) in [4.78, 5) is 58.0. The van der Waals surface area contributed by atoms with Crippen LogP contribution in [0, 0.1) is 5.41 Å². The number of nitrogens with one attached hydrogen (secondary N) is 5. The normalized spacial score (nSPS) is 14.7. The first kappa shape index (κ1) is 38.6. The lowest BCUT2D eigenvalue weighted by molar-refractivity contribution is -0.159. The fourth-order valence-corrected chi connectivity index (χ4v) is 5.53. The van der Waals surface area contributed by atoms with E-state index in [-0.39, 0.29) is 55.6 Å². The highest BCUT2D eigenvalue weighted by Crippen LogP contribution is 2.29. The molecule has 54 heavy (non-hydrogen) atoms. The van der Waals surface area contributed by atoms with Gasteiger partial charge in [0.05, 0.1) is 13.7 Å². The number of nitrogens with two attached hydrogens (primary N) is 1. The summed E-state index contributed by atoms with van der Waals surface area (Å²) in [5.41, 5.74) is 7.35. The number of halogens is 3. The molecule has 7 N–H and O–H groups in total. The smallest absolute Gasteiger partial charge is 0.471 e. The van der Waals surface area contributed by atoms with Crippen LogP contribution in [0.4, 0.5) is 30.5 Å². The molecule has 1 saturated heterocycles. The van der Waals surface area contributed by atoms with Gasteiger partial charge >= 0.3 is 12.1 Å². The maximum Gasteiger partial charge on any atom is 0.471 e. The van der Waals surface area contributed by atoms with Crippen molar-refractivity contribution in [1.82, 2.24) is 31.0 Å². The Morgan fingerprint density at radius 2 is 1.65 bits per heavy atom. The molecule has 0 saturated carbocycles. The van der Waals surface area contributed by atoms with Crippen LogP contribution in [0.1, 0.15) is 45.0 Å². The highest BCUT2D eigenvalue weighted by molar-refractivity contribution is 5.99. The number of hydrogen-bond donors (Lipinski definition) is 6. The Morgan fingerprint density at radius 3 is 2.26 bits per heavy atom. The van der Waals surface area contributed by atoms with Crippen molar-refractivity contribution >= 4 is 46.9 Å². The van der Waals surface area contributed by atoms with Crippen LogP contribution in [0.15, 0.2) is 77.3 Å².